The minimum absolute atomic E-state index is 0.454. The number of benzene rings is 1. The Morgan fingerprint density at radius 1 is 1.14 bits per heavy atom. The summed E-state index contributed by atoms with van der Waals surface area (Å²) in [5.41, 5.74) is 3.53. The van der Waals surface area contributed by atoms with Gasteiger partial charge in [0.15, 0.2) is 5.82 Å². The van der Waals surface area contributed by atoms with Crippen LogP contribution >= 0.6 is 0 Å². The molecule has 4 heteroatoms. The van der Waals surface area contributed by atoms with Crippen LogP contribution in [0.25, 0.3) is 0 Å². The average molecular weight is 284 g/mol. The first-order valence-corrected chi connectivity index (χ1v) is 7.37. The summed E-state index contributed by atoms with van der Waals surface area (Å²) in [5, 5.41) is 11.9. The number of hydrogen-bond acceptors (Lipinski definition) is 4. The molecule has 0 aliphatic carbocycles. The van der Waals surface area contributed by atoms with Gasteiger partial charge in [0, 0.05) is 26.2 Å². The predicted octanol–water partition coefficient (Wildman–Crippen LogP) is 2.92. The first-order valence-electron chi connectivity index (χ1n) is 7.37. The number of nitrogens with one attached hydrogen (secondary N) is 1. The van der Waals surface area contributed by atoms with E-state index in [1.165, 1.54) is 11.1 Å². The van der Waals surface area contributed by atoms with Crippen molar-refractivity contribution in [2.24, 2.45) is 0 Å². The first-order chi connectivity index (χ1) is 10.0. The van der Waals surface area contributed by atoms with Crippen molar-refractivity contribution in [1.29, 1.82) is 0 Å². The van der Waals surface area contributed by atoms with Crippen molar-refractivity contribution in [3.8, 4) is 0 Å². The van der Waals surface area contributed by atoms with Gasteiger partial charge < -0.3 is 10.2 Å². The maximum Gasteiger partial charge on any atom is 0.151 e. The highest BCUT2D eigenvalue weighted by molar-refractivity contribution is 5.38. The SMILES string of the molecule is Cc1cccc(CN(C)c2ccc(CNC(C)C)nn2)c1. The van der Waals surface area contributed by atoms with Crippen LogP contribution in [0.2, 0.25) is 0 Å². The maximum atomic E-state index is 4.31. The molecule has 4 nitrogen and oxygen atoms in total. The predicted molar refractivity (Wildman–Crippen MR) is 87.3 cm³/mol. The van der Waals surface area contributed by atoms with Crippen molar-refractivity contribution < 1.29 is 0 Å². The topological polar surface area (TPSA) is 41.0 Å². The molecular weight excluding hydrogens is 260 g/mol. The maximum absolute atomic E-state index is 4.31. The molecule has 1 aromatic carbocycles. The van der Waals surface area contributed by atoms with Crippen molar-refractivity contribution in [2.75, 3.05) is 11.9 Å². The smallest absolute Gasteiger partial charge is 0.151 e. The lowest BCUT2D eigenvalue weighted by molar-refractivity contribution is 0.577. The second-order valence-corrected chi connectivity index (χ2v) is 5.76. The number of aryl methyl sites for hydroxylation is 1. The van der Waals surface area contributed by atoms with Crippen LogP contribution in [0.4, 0.5) is 5.82 Å². The Labute approximate surface area is 127 Å². The van der Waals surface area contributed by atoms with E-state index in [0.29, 0.717) is 6.04 Å². The minimum atomic E-state index is 0.454. The number of rotatable bonds is 6. The second-order valence-electron chi connectivity index (χ2n) is 5.76. The second kappa shape index (κ2) is 7.18. The molecule has 1 N–H and O–H groups in total. The Bertz CT molecular complexity index is 563. The third kappa shape index (κ3) is 4.83. The number of anilines is 1. The Hall–Kier alpha value is -1.94. The van der Waals surface area contributed by atoms with Crippen LogP contribution in [0.3, 0.4) is 0 Å². The Balaban J connectivity index is 1.97. The summed E-state index contributed by atoms with van der Waals surface area (Å²) in [6.07, 6.45) is 0. The summed E-state index contributed by atoms with van der Waals surface area (Å²) in [6, 6.07) is 13.0. The fourth-order valence-electron chi connectivity index (χ4n) is 2.12. The highest BCUT2D eigenvalue weighted by Crippen LogP contribution is 2.13. The Kier molecular flexibility index (Phi) is 5.28. The molecule has 2 rings (SSSR count). The molecule has 0 amide bonds. The van der Waals surface area contributed by atoms with E-state index >= 15 is 0 Å². The van der Waals surface area contributed by atoms with Gasteiger partial charge in [-0.05, 0) is 24.6 Å². The van der Waals surface area contributed by atoms with E-state index in [2.05, 4.69) is 65.5 Å². The average Bonchev–Trinajstić information content (AvgIpc) is 2.45. The molecule has 112 valence electrons. The van der Waals surface area contributed by atoms with Gasteiger partial charge in [-0.1, -0.05) is 43.7 Å². The lowest BCUT2D eigenvalue weighted by Gasteiger charge is -2.18. The zero-order valence-corrected chi connectivity index (χ0v) is 13.3. The van der Waals surface area contributed by atoms with Gasteiger partial charge in [0.25, 0.3) is 0 Å². The van der Waals surface area contributed by atoms with Crippen molar-refractivity contribution >= 4 is 5.82 Å². The molecule has 21 heavy (non-hydrogen) atoms. The van der Waals surface area contributed by atoms with E-state index in [1.807, 2.05) is 19.2 Å². The fourth-order valence-corrected chi connectivity index (χ4v) is 2.12. The molecule has 0 spiro atoms. The molecule has 0 saturated carbocycles. The van der Waals surface area contributed by atoms with Crippen LogP contribution in [0, 0.1) is 6.92 Å². The molecule has 0 fully saturated rings. The highest BCUT2D eigenvalue weighted by atomic mass is 15.2. The van der Waals surface area contributed by atoms with Gasteiger partial charge in [-0.2, -0.15) is 5.10 Å². The normalized spacial score (nSPS) is 10.9. The van der Waals surface area contributed by atoms with Gasteiger partial charge in [-0.3, -0.25) is 0 Å². The summed E-state index contributed by atoms with van der Waals surface area (Å²) in [7, 11) is 2.04. The summed E-state index contributed by atoms with van der Waals surface area (Å²) in [4.78, 5) is 2.11. The molecule has 0 bridgehead atoms. The zero-order valence-electron chi connectivity index (χ0n) is 13.3. The Morgan fingerprint density at radius 2 is 1.95 bits per heavy atom. The molecule has 0 atom stereocenters. The molecule has 1 heterocycles. The van der Waals surface area contributed by atoms with Gasteiger partial charge in [-0.15, -0.1) is 5.10 Å². The van der Waals surface area contributed by atoms with Crippen LogP contribution < -0.4 is 10.2 Å². The molecular formula is C17H24N4. The van der Waals surface area contributed by atoms with Crippen LogP contribution in [-0.4, -0.2) is 23.3 Å². The molecule has 0 aliphatic heterocycles. The summed E-state index contributed by atoms with van der Waals surface area (Å²) < 4.78 is 0. The van der Waals surface area contributed by atoms with Crippen LogP contribution in [0.1, 0.15) is 30.7 Å². The van der Waals surface area contributed by atoms with E-state index in [1.54, 1.807) is 0 Å². The van der Waals surface area contributed by atoms with Crippen LogP contribution in [0.15, 0.2) is 36.4 Å². The number of nitrogens with zero attached hydrogens (tertiary/aromatic N) is 3. The van der Waals surface area contributed by atoms with Crippen LogP contribution in [-0.2, 0) is 13.1 Å². The quantitative estimate of drug-likeness (QED) is 0.885. The summed E-state index contributed by atoms with van der Waals surface area (Å²) >= 11 is 0. The van der Waals surface area contributed by atoms with E-state index in [-0.39, 0.29) is 0 Å². The third-order valence-corrected chi connectivity index (χ3v) is 3.29. The Morgan fingerprint density at radius 3 is 2.57 bits per heavy atom. The fraction of sp³-hybridized carbons (Fsp3) is 0.412. The first kappa shape index (κ1) is 15.4. The zero-order chi connectivity index (χ0) is 15.2. The van der Waals surface area contributed by atoms with Gasteiger partial charge in [0.05, 0.1) is 5.69 Å². The van der Waals surface area contributed by atoms with Crippen LogP contribution in [0.5, 0.6) is 0 Å². The van der Waals surface area contributed by atoms with Crippen molar-refractivity contribution in [3.05, 3.63) is 53.2 Å². The van der Waals surface area contributed by atoms with E-state index in [0.717, 1.165) is 24.6 Å². The van der Waals surface area contributed by atoms with Gasteiger partial charge in [-0.25, -0.2) is 0 Å². The number of aromatic nitrogens is 2. The van der Waals surface area contributed by atoms with Crippen molar-refractivity contribution in [1.82, 2.24) is 15.5 Å². The molecule has 0 saturated heterocycles. The van der Waals surface area contributed by atoms with Gasteiger partial charge in [0.2, 0.25) is 0 Å². The van der Waals surface area contributed by atoms with E-state index in [4.69, 9.17) is 0 Å². The minimum Gasteiger partial charge on any atom is -0.354 e. The van der Waals surface area contributed by atoms with E-state index in [9.17, 15) is 0 Å². The highest BCUT2D eigenvalue weighted by Gasteiger charge is 2.05. The van der Waals surface area contributed by atoms with Gasteiger partial charge in [0.1, 0.15) is 0 Å². The third-order valence-electron chi connectivity index (χ3n) is 3.29. The largest absolute Gasteiger partial charge is 0.354 e. The lowest BCUT2D eigenvalue weighted by Crippen LogP contribution is -2.23. The molecule has 0 aliphatic rings. The van der Waals surface area contributed by atoms with Crippen molar-refractivity contribution in [2.45, 2.75) is 39.9 Å². The summed E-state index contributed by atoms with van der Waals surface area (Å²) in [5.74, 6) is 0.893. The van der Waals surface area contributed by atoms with E-state index < -0.39 is 0 Å². The molecule has 2 aromatic rings. The van der Waals surface area contributed by atoms with Gasteiger partial charge >= 0.3 is 0 Å². The molecule has 0 radical (unpaired) electrons. The lowest BCUT2D eigenvalue weighted by atomic mass is 10.1. The standard InChI is InChI=1S/C17H24N4/c1-13(2)18-11-16-8-9-17(20-19-16)21(4)12-15-7-5-6-14(3)10-15/h5-10,13,18H,11-12H2,1-4H3. The molecule has 1 aromatic heterocycles. The molecule has 0 unspecified atom stereocenters. The number of hydrogen-bond donors (Lipinski definition) is 1. The van der Waals surface area contributed by atoms with Crippen molar-refractivity contribution in [3.63, 3.8) is 0 Å². The summed E-state index contributed by atoms with van der Waals surface area (Å²) in [6.45, 7) is 7.95. The monoisotopic (exact) mass is 284 g/mol.